The third-order valence-corrected chi connectivity index (χ3v) is 7.63. The third kappa shape index (κ3) is 3.77. The predicted octanol–water partition coefficient (Wildman–Crippen LogP) is 2.57. The van der Waals surface area contributed by atoms with E-state index in [1.165, 1.54) is 6.07 Å². The van der Waals surface area contributed by atoms with Crippen molar-refractivity contribution in [3.8, 4) is 0 Å². The molecule has 0 atom stereocenters. The lowest BCUT2D eigenvalue weighted by Crippen LogP contribution is -2.62. The van der Waals surface area contributed by atoms with E-state index in [1.54, 1.807) is 6.92 Å². The number of hydrogen-bond acceptors (Lipinski definition) is 4. The Balaban J connectivity index is 1.56. The van der Waals surface area contributed by atoms with Crippen LogP contribution in [0, 0.1) is 18.6 Å². The normalized spacial score (nSPS) is 22.5. The van der Waals surface area contributed by atoms with Crippen molar-refractivity contribution in [1.29, 1.82) is 0 Å². The van der Waals surface area contributed by atoms with Gasteiger partial charge >= 0.3 is 0 Å². The van der Waals surface area contributed by atoms with E-state index >= 15 is 0 Å². The molecule has 0 bridgehead atoms. The average Bonchev–Trinajstić information content (AvgIpc) is 3.21. The van der Waals surface area contributed by atoms with Crippen molar-refractivity contribution in [3.63, 3.8) is 0 Å². The first-order valence-corrected chi connectivity index (χ1v) is 11.3. The lowest BCUT2D eigenvalue weighted by atomic mass is 10.0. The molecule has 0 unspecified atom stereocenters. The Labute approximate surface area is 176 Å². The first-order valence-electron chi connectivity index (χ1n) is 9.80. The minimum atomic E-state index is -1.04. The molecule has 30 heavy (non-hydrogen) atoms. The number of rotatable bonds is 6. The monoisotopic (exact) mass is 435 g/mol. The van der Waals surface area contributed by atoms with Crippen LogP contribution in [0.4, 0.5) is 14.5 Å². The van der Waals surface area contributed by atoms with Crippen LogP contribution < -0.4 is 10.6 Å². The summed E-state index contributed by atoms with van der Waals surface area (Å²) in [5.74, 6) is -1.56. The number of ketones is 1. The van der Waals surface area contributed by atoms with Gasteiger partial charge in [-0.25, -0.2) is 8.78 Å². The summed E-state index contributed by atoms with van der Waals surface area (Å²) in [7, 11) is 0. The van der Waals surface area contributed by atoms with E-state index in [4.69, 9.17) is 0 Å². The van der Waals surface area contributed by atoms with Crippen molar-refractivity contribution >= 4 is 28.6 Å². The van der Waals surface area contributed by atoms with Crippen LogP contribution in [-0.4, -0.2) is 44.4 Å². The Morgan fingerprint density at radius 2 is 2.00 bits per heavy atom. The van der Waals surface area contributed by atoms with Crippen LogP contribution in [-0.2, 0) is 24.1 Å². The quantitative estimate of drug-likeness (QED) is 0.539. The zero-order valence-corrected chi connectivity index (χ0v) is 17.6. The Bertz CT molecular complexity index is 1030. The Morgan fingerprint density at radius 3 is 2.67 bits per heavy atom. The molecule has 160 valence electrons. The summed E-state index contributed by atoms with van der Waals surface area (Å²) in [6, 6.07) is 3.17. The number of carbonyl (C=O) groups is 2. The molecule has 0 aliphatic carbocycles. The standard InChI is InChI=1S/C21H23F2N3O3S/c1-12-18(17(27)9-24-21(2)10-30(29)11-21)16-4-3-7-26(16)19(12)20(28)25-13-5-6-14(22)15(23)8-13/h5-6,8,24H,3-4,7,9-11H2,1-2H3,(H,25,28)/t21-,30+. The van der Waals surface area contributed by atoms with Gasteiger partial charge in [-0.3, -0.25) is 14.9 Å². The van der Waals surface area contributed by atoms with Crippen molar-refractivity contribution in [2.45, 2.75) is 38.8 Å². The summed E-state index contributed by atoms with van der Waals surface area (Å²) >= 11 is -0.831. The number of nitrogens with zero attached hydrogens (tertiary/aromatic N) is 1. The molecule has 1 amide bonds. The lowest BCUT2D eigenvalue weighted by Gasteiger charge is -2.39. The highest BCUT2D eigenvalue weighted by atomic mass is 32.2. The molecule has 2 N–H and O–H groups in total. The maximum Gasteiger partial charge on any atom is 0.272 e. The summed E-state index contributed by atoms with van der Waals surface area (Å²) in [4.78, 5) is 25.9. The highest BCUT2D eigenvalue weighted by Crippen LogP contribution is 2.30. The van der Waals surface area contributed by atoms with E-state index in [2.05, 4.69) is 10.6 Å². The number of nitrogens with one attached hydrogen (secondary N) is 2. The number of benzene rings is 1. The van der Waals surface area contributed by atoms with Crippen LogP contribution in [0.15, 0.2) is 18.2 Å². The average molecular weight is 435 g/mol. The van der Waals surface area contributed by atoms with Crippen molar-refractivity contribution in [3.05, 3.63) is 52.3 Å². The van der Waals surface area contributed by atoms with Crippen molar-refractivity contribution in [1.82, 2.24) is 9.88 Å². The molecule has 0 spiro atoms. The Hall–Kier alpha value is -2.23. The number of halogens is 2. The molecule has 2 aliphatic heterocycles. The molecular weight excluding hydrogens is 412 g/mol. The second kappa shape index (κ2) is 7.79. The van der Waals surface area contributed by atoms with Gasteiger partial charge in [0.1, 0.15) is 22.7 Å². The van der Waals surface area contributed by atoms with Crippen molar-refractivity contribution in [2.24, 2.45) is 0 Å². The van der Waals surface area contributed by atoms with Gasteiger partial charge in [0.15, 0.2) is 17.4 Å². The first kappa shape index (κ1) is 21.0. The molecule has 1 aromatic heterocycles. The summed E-state index contributed by atoms with van der Waals surface area (Å²) in [5, 5.41) is 5.80. The largest absolute Gasteiger partial charge is 0.616 e. The van der Waals surface area contributed by atoms with Gasteiger partial charge in [0.2, 0.25) is 0 Å². The fourth-order valence-corrected chi connectivity index (χ4v) is 5.84. The van der Waals surface area contributed by atoms with E-state index in [0.29, 0.717) is 41.3 Å². The van der Waals surface area contributed by atoms with Crippen LogP contribution in [0.5, 0.6) is 0 Å². The SMILES string of the molecule is Cc1c(C(=O)CN[C@]2(C)C[S@+]([O-])C2)c2n(c1C(=O)Nc1ccc(F)c(F)c1)CCC2. The molecule has 1 aromatic carbocycles. The zero-order chi connectivity index (χ0) is 21.6. The summed E-state index contributed by atoms with van der Waals surface area (Å²) in [5.41, 5.74) is 2.17. The van der Waals surface area contributed by atoms with Gasteiger partial charge in [-0.1, -0.05) is 0 Å². The molecule has 9 heteroatoms. The fraction of sp³-hybridized carbons (Fsp3) is 0.429. The summed E-state index contributed by atoms with van der Waals surface area (Å²) < 4.78 is 39.9. The molecule has 4 rings (SSSR count). The second-order valence-electron chi connectivity index (χ2n) is 8.20. The lowest BCUT2D eigenvalue weighted by molar-refractivity contribution is 0.0979. The van der Waals surface area contributed by atoms with E-state index < -0.39 is 28.7 Å². The van der Waals surface area contributed by atoms with Gasteiger partial charge < -0.3 is 14.4 Å². The number of fused-ring (bicyclic) bond motifs is 1. The van der Waals surface area contributed by atoms with Gasteiger partial charge in [-0.2, -0.15) is 0 Å². The van der Waals surface area contributed by atoms with Gasteiger partial charge in [0.25, 0.3) is 5.91 Å². The number of hydrogen-bond donors (Lipinski definition) is 2. The number of Topliss-reactive ketones (excluding diaryl/α,β-unsaturated/α-hetero) is 1. The van der Waals surface area contributed by atoms with E-state index in [9.17, 15) is 22.9 Å². The number of aromatic nitrogens is 1. The predicted molar refractivity (Wildman–Crippen MR) is 110 cm³/mol. The number of amides is 1. The van der Waals surface area contributed by atoms with Crippen molar-refractivity contribution < 1.29 is 22.9 Å². The van der Waals surface area contributed by atoms with Crippen LogP contribution in [0.3, 0.4) is 0 Å². The highest BCUT2D eigenvalue weighted by molar-refractivity contribution is 7.93. The van der Waals surface area contributed by atoms with E-state index in [1.807, 2.05) is 11.5 Å². The van der Waals surface area contributed by atoms with E-state index in [-0.39, 0.29) is 23.6 Å². The summed E-state index contributed by atoms with van der Waals surface area (Å²) in [6.45, 7) is 4.40. The Kier molecular flexibility index (Phi) is 5.46. The molecule has 0 radical (unpaired) electrons. The smallest absolute Gasteiger partial charge is 0.272 e. The zero-order valence-electron chi connectivity index (χ0n) is 16.8. The first-order chi connectivity index (χ1) is 14.2. The van der Waals surface area contributed by atoms with Crippen LogP contribution in [0.1, 0.15) is 45.4 Å². The molecule has 1 saturated heterocycles. The molecule has 3 heterocycles. The number of anilines is 1. The van der Waals surface area contributed by atoms with Gasteiger partial charge in [-0.15, -0.1) is 0 Å². The van der Waals surface area contributed by atoms with Crippen LogP contribution in [0.25, 0.3) is 0 Å². The minimum absolute atomic E-state index is 0.107. The molecule has 6 nitrogen and oxygen atoms in total. The molecule has 1 fully saturated rings. The molecule has 0 saturated carbocycles. The summed E-state index contributed by atoms with van der Waals surface area (Å²) in [6.07, 6.45) is 1.52. The van der Waals surface area contributed by atoms with Gasteiger partial charge in [0.05, 0.1) is 6.54 Å². The van der Waals surface area contributed by atoms with Gasteiger partial charge in [-0.05, 0) is 55.6 Å². The number of carbonyl (C=O) groups excluding carboxylic acids is 2. The van der Waals surface area contributed by atoms with Crippen LogP contribution >= 0.6 is 0 Å². The third-order valence-electron chi connectivity index (χ3n) is 5.72. The molecule has 2 aromatic rings. The fourth-order valence-electron chi connectivity index (χ4n) is 4.30. The molecular formula is C21H23F2N3O3S. The highest BCUT2D eigenvalue weighted by Gasteiger charge is 2.44. The Morgan fingerprint density at radius 1 is 1.27 bits per heavy atom. The maximum absolute atomic E-state index is 13.5. The topological polar surface area (TPSA) is 86.2 Å². The van der Waals surface area contributed by atoms with E-state index in [0.717, 1.165) is 24.2 Å². The van der Waals surface area contributed by atoms with Gasteiger partial charge in [0, 0.05) is 29.6 Å². The maximum atomic E-state index is 13.5. The van der Waals surface area contributed by atoms with Crippen LogP contribution in [0.2, 0.25) is 0 Å². The molecule has 2 aliphatic rings. The minimum Gasteiger partial charge on any atom is -0.616 e. The van der Waals surface area contributed by atoms with Crippen molar-refractivity contribution in [2.75, 3.05) is 23.4 Å². The second-order valence-corrected chi connectivity index (χ2v) is 9.66.